The number of ether oxygens (including phenoxy) is 1. The third-order valence-corrected chi connectivity index (χ3v) is 2.19. The zero-order valence-electron chi connectivity index (χ0n) is 8.35. The quantitative estimate of drug-likeness (QED) is 0.481. The molecule has 94 valence electrons. The first-order valence-corrected chi connectivity index (χ1v) is 5.60. The molecule has 1 aromatic carbocycles. The van der Waals surface area contributed by atoms with Gasteiger partial charge in [-0.3, -0.25) is 4.79 Å². The monoisotopic (exact) mass is 314 g/mol. The standard InChI is InChI=1S/C10H7BrF4O2/c11-4-3-9(16)7-5-6(1-2-8(7)12)17-10(13,14)15/h1-2,5H,3-4H2. The van der Waals surface area contributed by atoms with Gasteiger partial charge in [-0.2, -0.15) is 0 Å². The Morgan fingerprint density at radius 3 is 2.53 bits per heavy atom. The number of rotatable bonds is 4. The summed E-state index contributed by atoms with van der Waals surface area (Å²) in [6, 6.07) is 2.32. The highest BCUT2D eigenvalue weighted by molar-refractivity contribution is 9.09. The molecule has 0 atom stereocenters. The summed E-state index contributed by atoms with van der Waals surface area (Å²) in [7, 11) is 0. The average Bonchev–Trinajstić information content (AvgIpc) is 2.19. The molecule has 0 amide bonds. The SMILES string of the molecule is O=C(CCBr)c1cc(OC(F)(F)F)ccc1F. The highest BCUT2D eigenvalue weighted by Crippen LogP contribution is 2.25. The summed E-state index contributed by atoms with van der Waals surface area (Å²) in [5.41, 5.74) is -0.411. The topological polar surface area (TPSA) is 26.3 Å². The Bertz CT molecular complexity index is 417. The summed E-state index contributed by atoms with van der Waals surface area (Å²) in [5.74, 6) is -2.07. The second-order valence-electron chi connectivity index (χ2n) is 3.05. The zero-order chi connectivity index (χ0) is 13.1. The number of carbonyl (C=O) groups excluding carboxylic acids is 1. The molecule has 0 saturated carbocycles. The largest absolute Gasteiger partial charge is 0.573 e. The van der Waals surface area contributed by atoms with Gasteiger partial charge in [0, 0.05) is 11.8 Å². The van der Waals surface area contributed by atoms with Crippen LogP contribution in [0.2, 0.25) is 0 Å². The fourth-order valence-electron chi connectivity index (χ4n) is 1.14. The number of ketones is 1. The molecular formula is C10H7BrF4O2. The fraction of sp³-hybridized carbons (Fsp3) is 0.300. The van der Waals surface area contributed by atoms with Crippen molar-refractivity contribution < 1.29 is 27.1 Å². The van der Waals surface area contributed by atoms with Crippen LogP contribution >= 0.6 is 15.9 Å². The smallest absolute Gasteiger partial charge is 0.406 e. The van der Waals surface area contributed by atoms with Crippen molar-refractivity contribution in [1.82, 2.24) is 0 Å². The molecule has 0 bridgehead atoms. The Labute approximate surface area is 103 Å². The maximum absolute atomic E-state index is 13.2. The van der Waals surface area contributed by atoms with E-state index in [2.05, 4.69) is 20.7 Å². The van der Waals surface area contributed by atoms with Gasteiger partial charge >= 0.3 is 6.36 Å². The van der Waals surface area contributed by atoms with Crippen LogP contribution in [0.15, 0.2) is 18.2 Å². The van der Waals surface area contributed by atoms with Gasteiger partial charge in [0.1, 0.15) is 11.6 Å². The van der Waals surface area contributed by atoms with E-state index in [0.29, 0.717) is 5.33 Å². The number of halogens is 5. The summed E-state index contributed by atoms with van der Waals surface area (Å²) < 4.78 is 52.5. The molecule has 0 saturated heterocycles. The molecule has 0 aliphatic carbocycles. The first-order valence-electron chi connectivity index (χ1n) is 4.48. The van der Waals surface area contributed by atoms with Gasteiger partial charge in [-0.05, 0) is 18.2 Å². The van der Waals surface area contributed by atoms with Gasteiger partial charge in [-0.1, -0.05) is 15.9 Å². The van der Waals surface area contributed by atoms with E-state index >= 15 is 0 Å². The van der Waals surface area contributed by atoms with Gasteiger partial charge in [0.25, 0.3) is 0 Å². The normalized spacial score (nSPS) is 11.4. The number of Topliss-reactive ketones (excluding diaryl/α,β-unsaturated/α-hetero) is 1. The van der Waals surface area contributed by atoms with E-state index in [9.17, 15) is 22.4 Å². The fourth-order valence-corrected chi connectivity index (χ4v) is 1.50. The van der Waals surface area contributed by atoms with Crippen LogP contribution in [0.1, 0.15) is 16.8 Å². The van der Waals surface area contributed by atoms with Crippen LogP contribution in [0.3, 0.4) is 0 Å². The van der Waals surface area contributed by atoms with Crippen molar-refractivity contribution in [3.8, 4) is 5.75 Å². The molecule has 0 fully saturated rings. The van der Waals surface area contributed by atoms with E-state index < -0.39 is 29.3 Å². The van der Waals surface area contributed by atoms with Crippen LogP contribution in [0.25, 0.3) is 0 Å². The van der Waals surface area contributed by atoms with Gasteiger partial charge in [0.2, 0.25) is 0 Å². The maximum Gasteiger partial charge on any atom is 0.573 e. The minimum atomic E-state index is -4.87. The van der Waals surface area contributed by atoms with E-state index in [1.54, 1.807) is 0 Å². The third-order valence-electron chi connectivity index (χ3n) is 1.79. The molecule has 7 heteroatoms. The molecule has 1 rings (SSSR count). The van der Waals surface area contributed by atoms with Gasteiger partial charge in [0.05, 0.1) is 5.56 Å². The Balaban J connectivity index is 2.98. The lowest BCUT2D eigenvalue weighted by atomic mass is 10.1. The molecule has 0 N–H and O–H groups in total. The molecule has 0 radical (unpaired) electrons. The van der Waals surface area contributed by atoms with Crippen molar-refractivity contribution in [1.29, 1.82) is 0 Å². The number of carbonyl (C=O) groups is 1. The molecule has 17 heavy (non-hydrogen) atoms. The van der Waals surface area contributed by atoms with Gasteiger partial charge in [0.15, 0.2) is 5.78 Å². The van der Waals surface area contributed by atoms with E-state index in [0.717, 1.165) is 18.2 Å². The molecule has 0 aliphatic rings. The summed E-state index contributed by atoms with van der Waals surface area (Å²) >= 11 is 2.98. The molecule has 1 aromatic rings. The molecule has 0 heterocycles. The molecule has 0 aromatic heterocycles. The number of hydrogen-bond donors (Lipinski definition) is 0. The van der Waals surface area contributed by atoms with Crippen molar-refractivity contribution in [2.75, 3.05) is 5.33 Å². The van der Waals surface area contributed by atoms with Crippen molar-refractivity contribution in [3.05, 3.63) is 29.6 Å². The van der Waals surface area contributed by atoms with E-state index in [-0.39, 0.29) is 6.42 Å². The maximum atomic E-state index is 13.2. The zero-order valence-corrected chi connectivity index (χ0v) is 9.94. The lowest BCUT2D eigenvalue weighted by Crippen LogP contribution is -2.17. The van der Waals surface area contributed by atoms with Crippen LogP contribution in [-0.4, -0.2) is 17.5 Å². The molecule has 0 aliphatic heterocycles. The van der Waals surface area contributed by atoms with Gasteiger partial charge < -0.3 is 4.74 Å². The number of benzene rings is 1. The Kier molecular flexibility index (Phi) is 4.50. The van der Waals surface area contributed by atoms with E-state index in [1.165, 1.54) is 0 Å². The molecular weight excluding hydrogens is 308 g/mol. The van der Waals surface area contributed by atoms with Crippen molar-refractivity contribution in [3.63, 3.8) is 0 Å². The van der Waals surface area contributed by atoms with Gasteiger partial charge in [-0.15, -0.1) is 13.2 Å². The molecule has 2 nitrogen and oxygen atoms in total. The van der Waals surface area contributed by atoms with Crippen LogP contribution < -0.4 is 4.74 Å². The molecule has 0 unspecified atom stereocenters. The lowest BCUT2D eigenvalue weighted by Gasteiger charge is -2.10. The summed E-state index contributed by atoms with van der Waals surface area (Å²) in [6.45, 7) is 0. The number of alkyl halides is 4. The van der Waals surface area contributed by atoms with Crippen molar-refractivity contribution in [2.24, 2.45) is 0 Å². The Morgan fingerprint density at radius 2 is 2.00 bits per heavy atom. The van der Waals surface area contributed by atoms with Crippen LogP contribution in [0, 0.1) is 5.82 Å². The van der Waals surface area contributed by atoms with Crippen molar-refractivity contribution >= 4 is 21.7 Å². The summed E-state index contributed by atoms with van der Waals surface area (Å²) in [5, 5.41) is 0.301. The molecule has 0 spiro atoms. The number of hydrogen-bond acceptors (Lipinski definition) is 2. The van der Waals surface area contributed by atoms with Crippen molar-refractivity contribution in [2.45, 2.75) is 12.8 Å². The predicted molar refractivity (Wildman–Crippen MR) is 55.8 cm³/mol. The predicted octanol–water partition coefficient (Wildman–Crippen LogP) is 3.69. The third kappa shape index (κ3) is 4.33. The van der Waals surface area contributed by atoms with Crippen LogP contribution in [0.4, 0.5) is 17.6 Å². The van der Waals surface area contributed by atoms with E-state index in [4.69, 9.17) is 0 Å². The lowest BCUT2D eigenvalue weighted by molar-refractivity contribution is -0.274. The Morgan fingerprint density at radius 1 is 1.35 bits per heavy atom. The second-order valence-corrected chi connectivity index (χ2v) is 3.84. The first kappa shape index (κ1) is 14.0. The van der Waals surface area contributed by atoms with Gasteiger partial charge in [-0.25, -0.2) is 4.39 Å². The first-order chi connectivity index (χ1) is 7.83. The minimum Gasteiger partial charge on any atom is -0.406 e. The summed E-state index contributed by atoms with van der Waals surface area (Å²) in [4.78, 5) is 11.4. The summed E-state index contributed by atoms with van der Waals surface area (Å²) in [6.07, 6.45) is -4.88. The second kappa shape index (κ2) is 5.48. The minimum absolute atomic E-state index is 0.00755. The average molecular weight is 315 g/mol. The highest BCUT2D eigenvalue weighted by Gasteiger charge is 2.31. The Hall–Kier alpha value is -1.11. The van der Waals surface area contributed by atoms with Crippen LogP contribution in [0.5, 0.6) is 5.75 Å². The van der Waals surface area contributed by atoms with E-state index in [1.807, 2.05) is 0 Å². The van der Waals surface area contributed by atoms with Crippen LogP contribution in [-0.2, 0) is 0 Å². The highest BCUT2D eigenvalue weighted by atomic mass is 79.9.